The molecular formula is C13H29NO. The second kappa shape index (κ2) is 4.42. The van der Waals surface area contributed by atoms with Crippen molar-refractivity contribution in [2.75, 3.05) is 27.2 Å². The minimum Gasteiger partial charge on any atom is -0.396 e. The third-order valence-corrected chi connectivity index (χ3v) is 3.73. The summed E-state index contributed by atoms with van der Waals surface area (Å²) in [6.45, 7) is 14.5. The Morgan fingerprint density at radius 3 is 1.27 bits per heavy atom. The first-order chi connectivity index (χ1) is 6.48. The predicted molar refractivity (Wildman–Crippen MR) is 67.0 cm³/mol. The molecule has 0 heterocycles. The maximum atomic E-state index is 9.87. The first kappa shape index (κ1) is 14.9. The van der Waals surface area contributed by atoms with Gasteiger partial charge in [0, 0.05) is 12.0 Å². The Hall–Kier alpha value is -0.0800. The van der Waals surface area contributed by atoms with Crippen LogP contribution in [0.15, 0.2) is 0 Å². The van der Waals surface area contributed by atoms with Gasteiger partial charge in [0.1, 0.15) is 0 Å². The van der Waals surface area contributed by atoms with Crippen LogP contribution >= 0.6 is 0 Å². The van der Waals surface area contributed by atoms with Gasteiger partial charge in [-0.3, -0.25) is 0 Å². The SMILES string of the molecule is CN(C)CC(CO)(C(C)(C)C)C(C)(C)C. The maximum absolute atomic E-state index is 9.87. The van der Waals surface area contributed by atoms with E-state index in [1.54, 1.807) is 0 Å². The standard InChI is InChI=1S/C13H29NO/c1-11(2,3)13(10-15,9-14(7)8)12(4,5)6/h15H,9-10H2,1-8H3. The lowest BCUT2D eigenvalue weighted by atomic mass is 9.54. The molecule has 0 amide bonds. The minimum absolute atomic E-state index is 0.0799. The van der Waals surface area contributed by atoms with Crippen LogP contribution in [0.4, 0.5) is 0 Å². The molecule has 1 N–H and O–H groups in total. The van der Waals surface area contributed by atoms with Gasteiger partial charge in [0.05, 0.1) is 6.61 Å². The number of hydrogen-bond acceptors (Lipinski definition) is 2. The first-order valence-corrected chi connectivity index (χ1v) is 5.73. The van der Waals surface area contributed by atoms with Crippen molar-refractivity contribution in [1.29, 1.82) is 0 Å². The van der Waals surface area contributed by atoms with Gasteiger partial charge in [0.15, 0.2) is 0 Å². The van der Waals surface area contributed by atoms with Gasteiger partial charge in [-0.05, 0) is 24.9 Å². The normalized spacial score (nSPS) is 14.8. The van der Waals surface area contributed by atoms with E-state index >= 15 is 0 Å². The van der Waals surface area contributed by atoms with Crippen LogP contribution in [0.2, 0.25) is 0 Å². The Kier molecular flexibility index (Phi) is 4.40. The molecule has 0 aromatic rings. The Morgan fingerprint density at radius 1 is 0.867 bits per heavy atom. The molecule has 0 aliphatic rings. The molecule has 0 aromatic heterocycles. The summed E-state index contributed by atoms with van der Waals surface area (Å²) in [5, 5.41) is 9.87. The summed E-state index contributed by atoms with van der Waals surface area (Å²) < 4.78 is 0. The molecule has 0 aromatic carbocycles. The van der Waals surface area contributed by atoms with E-state index in [1.165, 1.54) is 0 Å². The average Bonchev–Trinajstić information content (AvgIpc) is 1.94. The summed E-state index contributed by atoms with van der Waals surface area (Å²) in [6.07, 6.45) is 0. The molecule has 2 heteroatoms. The van der Waals surface area contributed by atoms with Gasteiger partial charge < -0.3 is 10.0 Å². The summed E-state index contributed by atoms with van der Waals surface area (Å²) >= 11 is 0. The van der Waals surface area contributed by atoms with E-state index in [0.717, 1.165) is 6.54 Å². The van der Waals surface area contributed by atoms with Crippen molar-refractivity contribution in [3.8, 4) is 0 Å². The summed E-state index contributed by atoms with van der Waals surface area (Å²) in [6, 6.07) is 0. The van der Waals surface area contributed by atoms with Gasteiger partial charge in [0.2, 0.25) is 0 Å². The molecule has 0 bridgehead atoms. The lowest BCUT2D eigenvalue weighted by Gasteiger charge is -2.54. The van der Waals surface area contributed by atoms with Crippen LogP contribution in [0.1, 0.15) is 41.5 Å². The second-order valence-corrected chi connectivity index (χ2v) is 6.98. The third-order valence-electron chi connectivity index (χ3n) is 3.73. The predicted octanol–water partition coefficient (Wildman–Crippen LogP) is 2.62. The van der Waals surface area contributed by atoms with Crippen LogP contribution in [-0.4, -0.2) is 37.3 Å². The van der Waals surface area contributed by atoms with Crippen molar-refractivity contribution in [2.24, 2.45) is 16.2 Å². The highest BCUT2D eigenvalue weighted by molar-refractivity contribution is 4.99. The topological polar surface area (TPSA) is 23.5 Å². The van der Waals surface area contributed by atoms with E-state index in [-0.39, 0.29) is 22.9 Å². The number of aliphatic hydroxyl groups is 1. The molecule has 0 saturated carbocycles. The molecule has 0 fully saturated rings. The summed E-state index contributed by atoms with van der Waals surface area (Å²) in [5.74, 6) is 0. The molecule has 0 rings (SSSR count). The first-order valence-electron chi connectivity index (χ1n) is 5.73. The molecule has 0 atom stereocenters. The van der Waals surface area contributed by atoms with Gasteiger partial charge in [-0.1, -0.05) is 41.5 Å². The fourth-order valence-corrected chi connectivity index (χ4v) is 2.66. The molecule has 2 nitrogen and oxygen atoms in total. The quantitative estimate of drug-likeness (QED) is 0.782. The molecule has 92 valence electrons. The van der Waals surface area contributed by atoms with Crippen molar-refractivity contribution in [3.63, 3.8) is 0 Å². The fourth-order valence-electron chi connectivity index (χ4n) is 2.66. The molecule has 0 unspecified atom stereocenters. The van der Waals surface area contributed by atoms with E-state index in [1.807, 2.05) is 0 Å². The van der Waals surface area contributed by atoms with Gasteiger partial charge in [-0.25, -0.2) is 0 Å². The number of rotatable bonds is 3. The molecule has 0 aliphatic carbocycles. The molecule has 15 heavy (non-hydrogen) atoms. The number of nitrogens with zero attached hydrogens (tertiary/aromatic N) is 1. The van der Waals surface area contributed by atoms with Gasteiger partial charge in [-0.15, -0.1) is 0 Å². The van der Waals surface area contributed by atoms with Crippen molar-refractivity contribution in [3.05, 3.63) is 0 Å². The number of aliphatic hydroxyl groups excluding tert-OH is 1. The highest BCUT2D eigenvalue weighted by atomic mass is 16.3. The van der Waals surface area contributed by atoms with Crippen LogP contribution in [0, 0.1) is 16.2 Å². The van der Waals surface area contributed by atoms with Gasteiger partial charge in [-0.2, -0.15) is 0 Å². The maximum Gasteiger partial charge on any atom is 0.0509 e. The number of hydrogen-bond donors (Lipinski definition) is 1. The molecule has 0 radical (unpaired) electrons. The molecule has 0 aliphatic heterocycles. The summed E-state index contributed by atoms with van der Waals surface area (Å²) in [4.78, 5) is 2.17. The molecule has 0 spiro atoms. The minimum atomic E-state index is -0.0799. The van der Waals surface area contributed by atoms with Crippen molar-refractivity contribution in [2.45, 2.75) is 41.5 Å². The van der Waals surface area contributed by atoms with Gasteiger partial charge in [0.25, 0.3) is 0 Å². The van der Waals surface area contributed by atoms with Crippen LogP contribution in [-0.2, 0) is 0 Å². The van der Waals surface area contributed by atoms with Crippen LogP contribution in [0.25, 0.3) is 0 Å². The van der Waals surface area contributed by atoms with E-state index in [0.29, 0.717) is 0 Å². The third kappa shape index (κ3) is 2.94. The van der Waals surface area contributed by atoms with Crippen LogP contribution in [0.5, 0.6) is 0 Å². The lowest BCUT2D eigenvalue weighted by Crippen LogP contribution is -2.54. The lowest BCUT2D eigenvalue weighted by molar-refractivity contribution is -0.0901. The molecule has 0 saturated heterocycles. The van der Waals surface area contributed by atoms with E-state index < -0.39 is 0 Å². The smallest absolute Gasteiger partial charge is 0.0509 e. The Balaban J connectivity index is 5.33. The zero-order valence-electron chi connectivity index (χ0n) is 11.8. The van der Waals surface area contributed by atoms with Crippen LogP contribution < -0.4 is 0 Å². The Labute approximate surface area is 95.7 Å². The Bertz CT molecular complexity index is 182. The van der Waals surface area contributed by atoms with Gasteiger partial charge >= 0.3 is 0 Å². The zero-order chi connectivity index (χ0) is 12.5. The van der Waals surface area contributed by atoms with E-state index in [9.17, 15) is 5.11 Å². The van der Waals surface area contributed by atoms with Crippen LogP contribution in [0.3, 0.4) is 0 Å². The van der Waals surface area contributed by atoms with Crippen molar-refractivity contribution in [1.82, 2.24) is 4.90 Å². The second-order valence-electron chi connectivity index (χ2n) is 6.98. The molecular weight excluding hydrogens is 186 g/mol. The van der Waals surface area contributed by atoms with Crippen molar-refractivity contribution < 1.29 is 5.11 Å². The highest BCUT2D eigenvalue weighted by Gasteiger charge is 2.50. The fraction of sp³-hybridized carbons (Fsp3) is 1.00. The summed E-state index contributed by atoms with van der Waals surface area (Å²) in [7, 11) is 4.14. The monoisotopic (exact) mass is 215 g/mol. The largest absolute Gasteiger partial charge is 0.396 e. The van der Waals surface area contributed by atoms with Crippen molar-refractivity contribution >= 4 is 0 Å². The average molecular weight is 215 g/mol. The zero-order valence-corrected chi connectivity index (χ0v) is 11.8. The van der Waals surface area contributed by atoms with E-state index in [4.69, 9.17) is 0 Å². The Morgan fingerprint density at radius 2 is 1.20 bits per heavy atom. The highest BCUT2D eigenvalue weighted by Crippen LogP contribution is 2.51. The summed E-state index contributed by atoms with van der Waals surface area (Å²) in [5.41, 5.74) is 0.0953. The van der Waals surface area contributed by atoms with E-state index in [2.05, 4.69) is 60.5 Å².